The standard InChI is InChI=1S/C10H22O3Si2/c1-6-9(14)13-10(11)8(2)7-12-15(3,4)5/h9H,2,6-7H2,1,3-5,14H3. The second kappa shape index (κ2) is 6.24. The van der Waals surface area contributed by atoms with Crippen LogP contribution in [-0.2, 0) is 14.0 Å². The average molecular weight is 246 g/mol. The Labute approximate surface area is 96.4 Å². The van der Waals surface area contributed by atoms with Crippen molar-refractivity contribution in [3.05, 3.63) is 12.2 Å². The van der Waals surface area contributed by atoms with Gasteiger partial charge < -0.3 is 9.16 Å². The van der Waals surface area contributed by atoms with Gasteiger partial charge in [-0.25, -0.2) is 4.79 Å². The summed E-state index contributed by atoms with van der Waals surface area (Å²) in [6.07, 6.45) is 0.875. The van der Waals surface area contributed by atoms with Gasteiger partial charge in [0, 0.05) is 0 Å². The number of carbonyl (C=O) groups is 1. The van der Waals surface area contributed by atoms with E-state index < -0.39 is 8.32 Å². The number of hydrogen-bond acceptors (Lipinski definition) is 3. The van der Waals surface area contributed by atoms with Crippen LogP contribution in [0.1, 0.15) is 13.3 Å². The van der Waals surface area contributed by atoms with E-state index in [1.807, 2.05) is 6.92 Å². The van der Waals surface area contributed by atoms with Gasteiger partial charge in [0.2, 0.25) is 0 Å². The molecule has 0 aliphatic heterocycles. The molecule has 0 aromatic carbocycles. The van der Waals surface area contributed by atoms with E-state index in [1.54, 1.807) is 0 Å². The quantitative estimate of drug-likeness (QED) is 0.399. The van der Waals surface area contributed by atoms with Crippen LogP contribution in [-0.4, -0.2) is 36.9 Å². The van der Waals surface area contributed by atoms with E-state index in [4.69, 9.17) is 9.16 Å². The van der Waals surface area contributed by atoms with Gasteiger partial charge in [-0.2, -0.15) is 0 Å². The van der Waals surface area contributed by atoms with Gasteiger partial charge in [0.15, 0.2) is 8.32 Å². The van der Waals surface area contributed by atoms with Crippen LogP contribution >= 0.6 is 0 Å². The summed E-state index contributed by atoms with van der Waals surface area (Å²) in [6.45, 7) is 12.2. The first kappa shape index (κ1) is 14.6. The van der Waals surface area contributed by atoms with Crippen LogP contribution in [0.2, 0.25) is 19.6 Å². The Morgan fingerprint density at radius 3 is 2.40 bits per heavy atom. The topological polar surface area (TPSA) is 35.5 Å². The SMILES string of the molecule is C=C(CO[Si](C)(C)C)C(=O)OC([SiH3])CC. The molecular weight excluding hydrogens is 224 g/mol. The second-order valence-corrected chi connectivity index (χ2v) is 10.4. The molecule has 1 unspecified atom stereocenters. The molecule has 3 nitrogen and oxygen atoms in total. The summed E-state index contributed by atoms with van der Waals surface area (Å²) < 4.78 is 10.8. The second-order valence-electron chi connectivity index (χ2n) is 4.63. The van der Waals surface area contributed by atoms with E-state index >= 15 is 0 Å². The highest BCUT2D eigenvalue weighted by molar-refractivity contribution is 6.69. The summed E-state index contributed by atoms with van der Waals surface area (Å²) in [7, 11) is -0.712. The first-order valence-electron chi connectivity index (χ1n) is 5.29. The monoisotopic (exact) mass is 246 g/mol. The molecule has 0 aliphatic rings. The third-order valence-electron chi connectivity index (χ3n) is 1.85. The minimum absolute atomic E-state index is 0.0844. The van der Waals surface area contributed by atoms with Crippen LogP contribution in [0.3, 0.4) is 0 Å². The third kappa shape index (κ3) is 7.52. The van der Waals surface area contributed by atoms with Crippen LogP contribution in [0.5, 0.6) is 0 Å². The van der Waals surface area contributed by atoms with Crippen LogP contribution in [0, 0.1) is 0 Å². The van der Waals surface area contributed by atoms with Gasteiger partial charge in [-0.15, -0.1) is 0 Å². The number of hydrogen-bond donors (Lipinski definition) is 0. The van der Waals surface area contributed by atoms with Crippen LogP contribution in [0.25, 0.3) is 0 Å². The lowest BCUT2D eigenvalue weighted by Crippen LogP contribution is -2.28. The van der Waals surface area contributed by atoms with Gasteiger partial charge in [-0.1, -0.05) is 13.5 Å². The van der Waals surface area contributed by atoms with Crippen molar-refractivity contribution in [3.8, 4) is 0 Å². The Balaban J connectivity index is 3.96. The molecule has 88 valence electrons. The van der Waals surface area contributed by atoms with Crippen LogP contribution < -0.4 is 0 Å². The lowest BCUT2D eigenvalue weighted by atomic mass is 10.3. The molecule has 0 N–H and O–H groups in total. The Hall–Kier alpha value is -0.396. The molecule has 0 rings (SSSR count). The molecule has 0 amide bonds. The summed E-state index contributed by atoms with van der Waals surface area (Å²) in [5.41, 5.74) is 0.507. The average Bonchev–Trinajstić information content (AvgIpc) is 2.12. The largest absolute Gasteiger partial charge is 0.464 e. The van der Waals surface area contributed by atoms with Crippen molar-refractivity contribution < 1.29 is 14.0 Å². The van der Waals surface area contributed by atoms with Gasteiger partial charge in [-0.05, 0) is 26.1 Å². The van der Waals surface area contributed by atoms with Crippen molar-refractivity contribution >= 4 is 24.5 Å². The summed E-state index contributed by atoms with van der Waals surface area (Å²) in [6, 6.07) is 0. The van der Waals surface area contributed by atoms with E-state index in [2.05, 4.69) is 26.2 Å². The molecule has 0 spiro atoms. The smallest absolute Gasteiger partial charge is 0.335 e. The zero-order valence-corrected chi connectivity index (χ0v) is 13.4. The van der Waals surface area contributed by atoms with Crippen LogP contribution in [0.15, 0.2) is 12.2 Å². The van der Waals surface area contributed by atoms with Crippen molar-refractivity contribution in [3.63, 3.8) is 0 Å². The molecule has 0 radical (unpaired) electrons. The molecule has 0 heterocycles. The number of esters is 1. The molecule has 0 aromatic rings. The molecule has 1 atom stereocenters. The molecule has 0 aliphatic carbocycles. The number of carbonyl (C=O) groups excluding carboxylic acids is 1. The van der Waals surface area contributed by atoms with Crippen molar-refractivity contribution in [2.45, 2.75) is 38.7 Å². The van der Waals surface area contributed by atoms with Crippen molar-refractivity contribution in [2.75, 3.05) is 6.61 Å². The predicted octanol–water partition coefficient (Wildman–Crippen LogP) is 1.04. The fourth-order valence-corrected chi connectivity index (χ4v) is 1.53. The van der Waals surface area contributed by atoms with Gasteiger partial charge >= 0.3 is 5.97 Å². The number of ether oxygens (including phenoxy) is 1. The van der Waals surface area contributed by atoms with Gasteiger partial charge in [0.25, 0.3) is 0 Å². The molecule has 0 saturated carbocycles. The van der Waals surface area contributed by atoms with Gasteiger partial charge in [0.05, 0.1) is 28.1 Å². The van der Waals surface area contributed by atoms with E-state index in [0.717, 1.165) is 16.7 Å². The van der Waals surface area contributed by atoms with Crippen molar-refractivity contribution in [1.29, 1.82) is 0 Å². The normalized spacial score (nSPS) is 13.6. The summed E-state index contributed by atoms with van der Waals surface area (Å²) in [5, 5.41) is 0. The third-order valence-corrected chi connectivity index (χ3v) is 3.91. The maximum atomic E-state index is 11.5. The molecule has 0 aromatic heterocycles. The highest BCUT2D eigenvalue weighted by atomic mass is 28.4. The Morgan fingerprint density at radius 1 is 1.47 bits per heavy atom. The van der Waals surface area contributed by atoms with Crippen molar-refractivity contribution in [1.82, 2.24) is 0 Å². The highest BCUT2D eigenvalue weighted by Crippen LogP contribution is 2.07. The molecule has 5 heteroatoms. The van der Waals surface area contributed by atoms with E-state index in [0.29, 0.717) is 12.2 Å². The van der Waals surface area contributed by atoms with Crippen LogP contribution in [0.4, 0.5) is 0 Å². The zero-order valence-electron chi connectivity index (χ0n) is 10.4. The first-order valence-corrected chi connectivity index (χ1v) is 9.85. The zero-order chi connectivity index (χ0) is 12.1. The van der Waals surface area contributed by atoms with Gasteiger partial charge in [-0.3, -0.25) is 0 Å². The maximum Gasteiger partial charge on any atom is 0.335 e. The summed E-state index contributed by atoms with van der Waals surface area (Å²) in [4.78, 5) is 11.5. The Morgan fingerprint density at radius 2 is 2.00 bits per heavy atom. The lowest BCUT2D eigenvalue weighted by molar-refractivity contribution is -0.141. The predicted molar refractivity (Wildman–Crippen MR) is 68.5 cm³/mol. The first-order chi connectivity index (χ1) is 6.76. The maximum absolute atomic E-state index is 11.5. The summed E-state index contributed by atoms with van der Waals surface area (Å²) in [5.74, 6) is -0.310. The molecule has 0 bridgehead atoms. The summed E-state index contributed by atoms with van der Waals surface area (Å²) >= 11 is 0. The fourth-order valence-electron chi connectivity index (χ4n) is 0.712. The molecular formula is C10H22O3Si2. The fraction of sp³-hybridized carbons (Fsp3) is 0.700. The molecule has 0 saturated heterocycles. The minimum atomic E-state index is -1.57. The number of rotatable bonds is 6. The highest BCUT2D eigenvalue weighted by Gasteiger charge is 2.18. The van der Waals surface area contributed by atoms with Gasteiger partial charge in [0.1, 0.15) is 0 Å². The van der Waals surface area contributed by atoms with Crippen molar-refractivity contribution in [2.24, 2.45) is 0 Å². The van der Waals surface area contributed by atoms with E-state index in [9.17, 15) is 4.79 Å². The molecule has 0 fully saturated rings. The van der Waals surface area contributed by atoms with E-state index in [1.165, 1.54) is 0 Å². The minimum Gasteiger partial charge on any atom is -0.464 e. The Bertz CT molecular complexity index is 233. The molecule has 15 heavy (non-hydrogen) atoms. The Kier molecular flexibility index (Phi) is 6.08. The lowest BCUT2D eigenvalue weighted by Gasteiger charge is -2.18. The van der Waals surface area contributed by atoms with E-state index in [-0.39, 0.29) is 11.7 Å².